The van der Waals surface area contributed by atoms with Gasteiger partial charge in [-0.3, -0.25) is 4.79 Å². The highest BCUT2D eigenvalue weighted by molar-refractivity contribution is 5.85. The maximum absolute atomic E-state index is 12.0. The zero-order valence-electron chi connectivity index (χ0n) is 13.5. The number of nitrogens with two attached hydrogens (primary N) is 1. The van der Waals surface area contributed by atoms with Crippen LogP contribution in [0.25, 0.3) is 0 Å². The number of rotatable bonds is 6. The number of carbonyl (C=O) groups is 1. The van der Waals surface area contributed by atoms with Gasteiger partial charge in [0, 0.05) is 17.8 Å². The highest BCUT2D eigenvalue weighted by Crippen LogP contribution is 2.20. The predicted molar refractivity (Wildman–Crippen MR) is 96.0 cm³/mol. The third kappa shape index (κ3) is 5.83. The summed E-state index contributed by atoms with van der Waals surface area (Å²) in [5, 5.41) is 2.93. The second-order valence-electron chi connectivity index (χ2n) is 5.24. The number of ether oxygens (including phenoxy) is 1. The SMILES string of the molecule is CCOc1cc(C)ccc1CNC(=O)Cc1ccc(N)cc1.Cl. The van der Waals surface area contributed by atoms with Crippen LogP contribution < -0.4 is 15.8 Å². The van der Waals surface area contributed by atoms with E-state index in [2.05, 4.69) is 5.32 Å². The van der Waals surface area contributed by atoms with Gasteiger partial charge in [0.1, 0.15) is 5.75 Å². The number of hydrogen-bond donors (Lipinski definition) is 2. The number of halogens is 1. The van der Waals surface area contributed by atoms with Crippen LogP contribution >= 0.6 is 12.4 Å². The Morgan fingerprint density at radius 3 is 2.52 bits per heavy atom. The van der Waals surface area contributed by atoms with Crippen molar-refractivity contribution in [1.29, 1.82) is 0 Å². The molecule has 0 bridgehead atoms. The lowest BCUT2D eigenvalue weighted by Gasteiger charge is -2.12. The smallest absolute Gasteiger partial charge is 0.224 e. The molecule has 0 saturated carbocycles. The molecule has 124 valence electrons. The molecule has 0 aliphatic rings. The lowest BCUT2D eigenvalue weighted by atomic mass is 10.1. The molecule has 4 nitrogen and oxygen atoms in total. The number of aryl methyl sites for hydroxylation is 1. The summed E-state index contributed by atoms with van der Waals surface area (Å²) in [5.74, 6) is 0.808. The molecule has 0 aromatic heterocycles. The standard InChI is InChI=1S/C18H22N2O2.ClH/c1-3-22-17-10-13(2)4-7-15(17)12-20-18(21)11-14-5-8-16(19)9-6-14;/h4-10H,3,11-12,19H2,1-2H3,(H,20,21);1H. The fourth-order valence-corrected chi connectivity index (χ4v) is 2.17. The zero-order chi connectivity index (χ0) is 15.9. The highest BCUT2D eigenvalue weighted by Gasteiger charge is 2.07. The summed E-state index contributed by atoms with van der Waals surface area (Å²) in [6.07, 6.45) is 0.343. The van der Waals surface area contributed by atoms with Crippen molar-refractivity contribution in [3.05, 3.63) is 59.2 Å². The average Bonchev–Trinajstić information content (AvgIpc) is 2.49. The summed E-state index contributed by atoms with van der Waals surface area (Å²) in [4.78, 5) is 12.0. The topological polar surface area (TPSA) is 64.3 Å². The Bertz CT molecular complexity index is 642. The molecule has 0 spiro atoms. The van der Waals surface area contributed by atoms with Gasteiger partial charge in [0.25, 0.3) is 0 Å². The second kappa shape index (κ2) is 9.06. The number of benzene rings is 2. The molecule has 2 aromatic carbocycles. The molecule has 23 heavy (non-hydrogen) atoms. The Balaban J connectivity index is 0.00000264. The Hall–Kier alpha value is -2.20. The predicted octanol–water partition coefficient (Wildman–Crippen LogP) is 3.26. The first-order chi connectivity index (χ1) is 10.6. The monoisotopic (exact) mass is 334 g/mol. The molecular formula is C18H23ClN2O2. The van der Waals surface area contributed by atoms with Crippen molar-refractivity contribution < 1.29 is 9.53 Å². The normalized spacial score (nSPS) is 9.83. The van der Waals surface area contributed by atoms with Crippen molar-refractivity contribution in [2.75, 3.05) is 12.3 Å². The van der Waals surface area contributed by atoms with Crippen molar-refractivity contribution in [2.45, 2.75) is 26.8 Å². The number of amides is 1. The fraction of sp³-hybridized carbons (Fsp3) is 0.278. The van der Waals surface area contributed by atoms with Crippen molar-refractivity contribution in [3.8, 4) is 5.75 Å². The van der Waals surface area contributed by atoms with Gasteiger partial charge < -0.3 is 15.8 Å². The van der Waals surface area contributed by atoms with Gasteiger partial charge >= 0.3 is 0 Å². The van der Waals surface area contributed by atoms with E-state index in [4.69, 9.17) is 10.5 Å². The number of nitrogen functional groups attached to an aromatic ring is 1. The quantitative estimate of drug-likeness (QED) is 0.797. The first kappa shape index (κ1) is 18.8. The van der Waals surface area contributed by atoms with E-state index >= 15 is 0 Å². The molecule has 0 aliphatic carbocycles. The van der Waals surface area contributed by atoms with Crippen molar-refractivity contribution in [2.24, 2.45) is 0 Å². The molecular weight excluding hydrogens is 312 g/mol. The molecule has 0 heterocycles. The van der Waals surface area contributed by atoms with Crippen molar-refractivity contribution in [3.63, 3.8) is 0 Å². The van der Waals surface area contributed by atoms with E-state index in [1.165, 1.54) is 0 Å². The first-order valence-electron chi connectivity index (χ1n) is 7.42. The zero-order valence-corrected chi connectivity index (χ0v) is 14.3. The Morgan fingerprint density at radius 1 is 1.17 bits per heavy atom. The summed E-state index contributed by atoms with van der Waals surface area (Å²) in [6, 6.07) is 13.3. The van der Waals surface area contributed by atoms with Crippen LogP contribution in [0, 0.1) is 6.92 Å². The Morgan fingerprint density at radius 2 is 1.87 bits per heavy atom. The van der Waals surface area contributed by atoms with Gasteiger partial charge in [-0.2, -0.15) is 0 Å². The van der Waals surface area contributed by atoms with Crippen molar-refractivity contribution in [1.82, 2.24) is 5.32 Å². The summed E-state index contributed by atoms with van der Waals surface area (Å²) in [7, 11) is 0. The first-order valence-corrected chi connectivity index (χ1v) is 7.42. The van der Waals surface area contributed by atoms with Gasteiger partial charge in [-0.15, -0.1) is 12.4 Å². The highest BCUT2D eigenvalue weighted by atomic mass is 35.5. The Kier molecular flexibility index (Phi) is 7.42. The summed E-state index contributed by atoms with van der Waals surface area (Å²) in [6.45, 7) is 5.04. The van der Waals surface area contributed by atoms with Gasteiger partial charge in [0.15, 0.2) is 0 Å². The summed E-state index contributed by atoms with van der Waals surface area (Å²) in [5.41, 5.74) is 9.40. The van der Waals surface area contributed by atoms with Gasteiger partial charge in [-0.25, -0.2) is 0 Å². The van der Waals surface area contributed by atoms with E-state index in [-0.39, 0.29) is 18.3 Å². The van der Waals surface area contributed by atoms with E-state index in [0.29, 0.717) is 25.3 Å². The minimum absolute atomic E-state index is 0. The van der Waals surface area contributed by atoms with E-state index in [0.717, 1.165) is 22.4 Å². The molecule has 0 saturated heterocycles. The van der Waals surface area contributed by atoms with E-state index in [1.807, 2.05) is 44.2 Å². The van der Waals surface area contributed by atoms with Gasteiger partial charge in [0.05, 0.1) is 13.0 Å². The van der Waals surface area contributed by atoms with Crippen LogP contribution in [0.3, 0.4) is 0 Å². The fourth-order valence-electron chi connectivity index (χ4n) is 2.17. The van der Waals surface area contributed by atoms with E-state index in [9.17, 15) is 4.79 Å². The van der Waals surface area contributed by atoms with E-state index < -0.39 is 0 Å². The lowest BCUT2D eigenvalue weighted by Crippen LogP contribution is -2.24. The van der Waals surface area contributed by atoms with Crippen LogP contribution in [0.4, 0.5) is 5.69 Å². The summed E-state index contributed by atoms with van der Waals surface area (Å²) >= 11 is 0. The molecule has 0 radical (unpaired) electrons. The Labute approximate surface area is 143 Å². The van der Waals surface area contributed by atoms with Gasteiger partial charge in [-0.1, -0.05) is 24.3 Å². The van der Waals surface area contributed by atoms with Gasteiger partial charge in [0.2, 0.25) is 5.91 Å². The van der Waals surface area contributed by atoms with Crippen LogP contribution in [0.15, 0.2) is 42.5 Å². The van der Waals surface area contributed by atoms with Crippen LogP contribution in [-0.4, -0.2) is 12.5 Å². The molecule has 0 atom stereocenters. The lowest BCUT2D eigenvalue weighted by molar-refractivity contribution is -0.120. The number of carbonyl (C=O) groups excluding carboxylic acids is 1. The van der Waals surface area contributed by atoms with Crippen LogP contribution in [0.1, 0.15) is 23.6 Å². The number of anilines is 1. The molecule has 0 unspecified atom stereocenters. The maximum atomic E-state index is 12.0. The maximum Gasteiger partial charge on any atom is 0.224 e. The van der Waals surface area contributed by atoms with Crippen LogP contribution in [-0.2, 0) is 17.8 Å². The van der Waals surface area contributed by atoms with Gasteiger partial charge in [-0.05, 0) is 43.2 Å². The van der Waals surface area contributed by atoms with Crippen LogP contribution in [0.5, 0.6) is 5.75 Å². The molecule has 2 rings (SSSR count). The van der Waals surface area contributed by atoms with Crippen molar-refractivity contribution >= 4 is 24.0 Å². The third-order valence-electron chi connectivity index (χ3n) is 3.34. The average molecular weight is 335 g/mol. The largest absolute Gasteiger partial charge is 0.494 e. The van der Waals surface area contributed by atoms with Crippen LogP contribution in [0.2, 0.25) is 0 Å². The van der Waals surface area contributed by atoms with E-state index in [1.54, 1.807) is 12.1 Å². The molecule has 3 N–H and O–H groups in total. The molecule has 0 fully saturated rings. The minimum Gasteiger partial charge on any atom is -0.494 e. The second-order valence-corrected chi connectivity index (χ2v) is 5.24. The molecule has 0 aliphatic heterocycles. The molecule has 5 heteroatoms. The molecule has 1 amide bonds. The minimum atomic E-state index is -0.0206. The number of hydrogen-bond acceptors (Lipinski definition) is 3. The summed E-state index contributed by atoms with van der Waals surface area (Å²) < 4.78 is 5.62. The number of nitrogens with one attached hydrogen (secondary N) is 1. The third-order valence-corrected chi connectivity index (χ3v) is 3.34. The molecule has 2 aromatic rings.